The minimum Gasteiger partial charge on any atom is -0.378 e. The molecule has 2 fully saturated rings. The van der Waals surface area contributed by atoms with Crippen molar-refractivity contribution in [2.24, 2.45) is 29.4 Å². The normalized spacial score (nSPS) is 42.9. The van der Waals surface area contributed by atoms with E-state index in [0.717, 1.165) is 36.8 Å². The Labute approximate surface area is 106 Å². The van der Waals surface area contributed by atoms with Crippen molar-refractivity contribution >= 4 is 0 Å². The fraction of sp³-hybridized carbons (Fsp3) is 1.00. The zero-order chi connectivity index (χ0) is 12.3. The van der Waals surface area contributed by atoms with Gasteiger partial charge in [0.2, 0.25) is 0 Å². The van der Waals surface area contributed by atoms with Crippen molar-refractivity contribution in [2.75, 3.05) is 13.2 Å². The summed E-state index contributed by atoms with van der Waals surface area (Å²) in [4.78, 5) is 0. The molecule has 0 saturated heterocycles. The van der Waals surface area contributed by atoms with Crippen molar-refractivity contribution in [2.45, 2.75) is 58.5 Å². The van der Waals surface area contributed by atoms with E-state index in [0.29, 0.717) is 6.10 Å². The van der Waals surface area contributed by atoms with Crippen LogP contribution >= 0.6 is 0 Å². The van der Waals surface area contributed by atoms with Crippen molar-refractivity contribution < 1.29 is 4.74 Å². The SMILES string of the molecule is CC1CCC(OCC2CCCC2CN)CC1C. The predicted octanol–water partition coefficient (Wildman–Crippen LogP) is 3.20. The molecule has 100 valence electrons. The van der Waals surface area contributed by atoms with E-state index in [1.807, 2.05) is 0 Å². The van der Waals surface area contributed by atoms with Crippen LogP contribution < -0.4 is 5.73 Å². The molecule has 0 amide bonds. The summed E-state index contributed by atoms with van der Waals surface area (Å²) in [7, 11) is 0. The summed E-state index contributed by atoms with van der Waals surface area (Å²) in [6.45, 7) is 6.57. The molecule has 0 aromatic heterocycles. The van der Waals surface area contributed by atoms with E-state index < -0.39 is 0 Å². The van der Waals surface area contributed by atoms with Crippen molar-refractivity contribution in [3.05, 3.63) is 0 Å². The maximum absolute atomic E-state index is 6.16. The molecule has 2 rings (SSSR count). The minimum absolute atomic E-state index is 0.528. The second-order valence-corrected chi connectivity index (χ2v) is 6.41. The molecule has 2 heteroatoms. The quantitative estimate of drug-likeness (QED) is 0.817. The first-order valence-electron chi connectivity index (χ1n) is 7.52. The van der Waals surface area contributed by atoms with E-state index in [-0.39, 0.29) is 0 Å². The topological polar surface area (TPSA) is 35.2 Å². The molecule has 2 aliphatic carbocycles. The van der Waals surface area contributed by atoms with Crippen molar-refractivity contribution in [3.8, 4) is 0 Å². The number of rotatable bonds is 4. The van der Waals surface area contributed by atoms with Crippen LogP contribution in [0.2, 0.25) is 0 Å². The van der Waals surface area contributed by atoms with Gasteiger partial charge in [0.15, 0.2) is 0 Å². The molecule has 0 radical (unpaired) electrons. The highest BCUT2D eigenvalue weighted by molar-refractivity contribution is 4.80. The first kappa shape index (κ1) is 13.4. The van der Waals surface area contributed by atoms with Gasteiger partial charge < -0.3 is 10.5 Å². The largest absolute Gasteiger partial charge is 0.378 e. The molecular weight excluding hydrogens is 210 g/mol. The predicted molar refractivity (Wildman–Crippen MR) is 71.8 cm³/mol. The Morgan fingerprint density at radius 1 is 1.00 bits per heavy atom. The smallest absolute Gasteiger partial charge is 0.0578 e. The third-order valence-corrected chi connectivity index (χ3v) is 5.22. The molecule has 2 N–H and O–H groups in total. The van der Waals surface area contributed by atoms with Crippen LogP contribution in [0.5, 0.6) is 0 Å². The van der Waals surface area contributed by atoms with Crippen LogP contribution in [0.3, 0.4) is 0 Å². The Kier molecular flexibility index (Phi) is 4.87. The highest BCUT2D eigenvalue weighted by Gasteiger charge is 2.29. The van der Waals surface area contributed by atoms with Crippen LogP contribution in [0.4, 0.5) is 0 Å². The summed E-state index contributed by atoms with van der Waals surface area (Å²) in [5.41, 5.74) is 5.82. The molecule has 17 heavy (non-hydrogen) atoms. The zero-order valence-corrected chi connectivity index (χ0v) is 11.5. The zero-order valence-electron chi connectivity index (χ0n) is 11.5. The van der Waals surface area contributed by atoms with Gasteiger partial charge >= 0.3 is 0 Å². The molecule has 5 atom stereocenters. The van der Waals surface area contributed by atoms with Crippen LogP contribution in [0.15, 0.2) is 0 Å². The maximum Gasteiger partial charge on any atom is 0.0578 e. The fourth-order valence-electron chi connectivity index (χ4n) is 3.55. The molecule has 0 aliphatic heterocycles. The van der Waals surface area contributed by atoms with Crippen molar-refractivity contribution in [3.63, 3.8) is 0 Å². The van der Waals surface area contributed by atoms with Crippen molar-refractivity contribution in [1.82, 2.24) is 0 Å². The number of hydrogen-bond acceptors (Lipinski definition) is 2. The Morgan fingerprint density at radius 2 is 1.76 bits per heavy atom. The third kappa shape index (κ3) is 3.45. The molecule has 0 bridgehead atoms. The first-order valence-corrected chi connectivity index (χ1v) is 7.52. The van der Waals surface area contributed by atoms with Crippen LogP contribution in [0.1, 0.15) is 52.4 Å². The van der Waals surface area contributed by atoms with E-state index in [9.17, 15) is 0 Å². The van der Waals surface area contributed by atoms with Crippen LogP contribution in [0, 0.1) is 23.7 Å². The number of nitrogens with two attached hydrogens (primary N) is 1. The van der Waals surface area contributed by atoms with E-state index >= 15 is 0 Å². The maximum atomic E-state index is 6.16. The molecule has 2 saturated carbocycles. The summed E-state index contributed by atoms with van der Waals surface area (Å²) < 4.78 is 6.16. The Morgan fingerprint density at radius 3 is 2.47 bits per heavy atom. The van der Waals surface area contributed by atoms with E-state index in [4.69, 9.17) is 10.5 Å². The summed E-state index contributed by atoms with van der Waals surface area (Å²) in [6.07, 6.45) is 8.42. The Balaban J connectivity index is 1.71. The lowest BCUT2D eigenvalue weighted by Gasteiger charge is -2.33. The number of ether oxygens (including phenoxy) is 1. The fourth-order valence-corrected chi connectivity index (χ4v) is 3.55. The van der Waals surface area contributed by atoms with Gasteiger partial charge in [0, 0.05) is 0 Å². The lowest BCUT2D eigenvalue weighted by Crippen LogP contribution is -2.30. The van der Waals surface area contributed by atoms with Crippen LogP contribution in [-0.2, 0) is 4.74 Å². The summed E-state index contributed by atoms with van der Waals surface area (Å²) in [5.74, 6) is 3.20. The molecular formula is C15H29NO. The van der Waals surface area contributed by atoms with Crippen LogP contribution in [-0.4, -0.2) is 19.3 Å². The van der Waals surface area contributed by atoms with Gasteiger partial charge in [-0.15, -0.1) is 0 Å². The molecule has 0 heterocycles. The van der Waals surface area contributed by atoms with Gasteiger partial charge in [-0.05, 0) is 62.3 Å². The van der Waals surface area contributed by atoms with E-state index in [2.05, 4.69) is 13.8 Å². The molecule has 0 aromatic rings. The summed E-state index contributed by atoms with van der Waals surface area (Å²) in [6, 6.07) is 0. The van der Waals surface area contributed by atoms with Gasteiger partial charge in [0.05, 0.1) is 12.7 Å². The monoisotopic (exact) mass is 239 g/mol. The first-order chi connectivity index (χ1) is 8.20. The summed E-state index contributed by atoms with van der Waals surface area (Å²) >= 11 is 0. The van der Waals surface area contributed by atoms with E-state index in [1.54, 1.807) is 0 Å². The van der Waals surface area contributed by atoms with Gasteiger partial charge in [0.25, 0.3) is 0 Å². The van der Waals surface area contributed by atoms with E-state index in [1.165, 1.54) is 38.5 Å². The van der Waals surface area contributed by atoms with Gasteiger partial charge in [-0.25, -0.2) is 0 Å². The van der Waals surface area contributed by atoms with Crippen molar-refractivity contribution in [1.29, 1.82) is 0 Å². The molecule has 2 nitrogen and oxygen atoms in total. The molecule has 0 spiro atoms. The molecule has 5 unspecified atom stereocenters. The molecule has 0 aromatic carbocycles. The van der Waals surface area contributed by atoms with Gasteiger partial charge in [0.1, 0.15) is 0 Å². The van der Waals surface area contributed by atoms with Crippen LogP contribution in [0.25, 0.3) is 0 Å². The molecule has 2 aliphatic rings. The highest BCUT2D eigenvalue weighted by atomic mass is 16.5. The third-order valence-electron chi connectivity index (χ3n) is 5.22. The lowest BCUT2D eigenvalue weighted by atomic mass is 9.80. The lowest BCUT2D eigenvalue weighted by molar-refractivity contribution is -0.0189. The second-order valence-electron chi connectivity index (χ2n) is 6.41. The highest BCUT2D eigenvalue weighted by Crippen LogP contribution is 2.34. The minimum atomic E-state index is 0.528. The Bertz CT molecular complexity index is 231. The second kappa shape index (κ2) is 6.19. The number of hydrogen-bond donors (Lipinski definition) is 1. The standard InChI is InChI=1S/C15H29NO/c1-11-6-7-15(8-12(11)2)17-10-14-5-3-4-13(14)9-16/h11-15H,3-10,16H2,1-2H3. The summed E-state index contributed by atoms with van der Waals surface area (Å²) in [5, 5.41) is 0. The average Bonchev–Trinajstić information content (AvgIpc) is 2.78. The Hall–Kier alpha value is -0.0800. The average molecular weight is 239 g/mol. The van der Waals surface area contributed by atoms with Gasteiger partial charge in [-0.1, -0.05) is 20.3 Å². The van der Waals surface area contributed by atoms with Gasteiger partial charge in [-0.2, -0.15) is 0 Å². The van der Waals surface area contributed by atoms with Gasteiger partial charge in [-0.3, -0.25) is 0 Å².